The highest BCUT2D eigenvalue weighted by Gasteiger charge is 2.34. The third-order valence-corrected chi connectivity index (χ3v) is 13.1. The Balaban J connectivity index is 1.32. The molecule has 6 amide bonds. The number of unbranched alkanes of at least 4 members (excludes halogenated alkanes) is 3. The van der Waals surface area contributed by atoms with Crippen LogP contribution in [0.5, 0.6) is 0 Å². The lowest BCUT2D eigenvalue weighted by atomic mass is 10.0. The second-order valence-corrected chi connectivity index (χ2v) is 19.1. The van der Waals surface area contributed by atoms with Gasteiger partial charge in [-0.25, -0.2) is 4.98 Å². The lowest BCUT2D eigenvalue weighted by molar-refractivity contribution is -0.144. The summed E-state index contributed by atoms with van der Waals surface area (Å²) in [6.45, 7) is -2.29. The summed E-state index contributed by atoms with van der Waals surface area (Å²) in [6.07, 6.45) is -14.4. The molecule has 28 nitrogen and oxygen atoms in total. The largest absolute Gasteiger partial charge is 0.469 e. The highest BCUT2D eigenvalue weighted by Crippen LogP contribution is 2.27. The number of aliphatic hydroxyl groups excluding tert-OH is 10. The molecule has 18 N–H and O–H groups in total. The van der Waals surface area contributed by atoms with Gasteiger partial charge in [0.1, 0.15) is 54.5 Å². The first-order valence-electron chi connectivity index (χ1n) is 25.6. The summed E-state index contributed by atoms with van der Waals surface area (Å²) >= 11 is 0. The van der Waals surface area contributed by atoms with Crippen LogP contribution in [0, 0.1) is 0 Å². The van der Waals surface area contributed by atoms with Crippen LogP contribution in [-0.2, 0) is 46.6 Å². The second kappa shape index (κ2) is 31.8. The lowest BCUT2D eigenvalue weighted by Gasteiger charge is -2.26. The van der Waals surface area contributed by atoms with Crippen LogP contribution in [0.25, 0.3) is 11.0 Å². The number of benzene rings is 2. The number of esters is 1. The van der Waals surface area contributed by atoms with Crippen LogP contribution in [0.15, 0.2) is 42.5 Å². The Kier molecular flexibility index (Phi) is 26.2. The summed E-state index contributed by atoms with van der Waals surface area (Å²) in [6, 6.07) is 8.87. The van der Waals surface area contributed by atoms with E-state index < -0.39 is 129 Å². The van der Waals surface area contributed by atoms with Crippen LogP contribution in [0.4, 0.5) is 5.69 Å². The van der Waals surface area contributed by atoms with Crippen LogP contribution in [0.3, 0.4) is 0 Å². The van der Waals surface area contributed by atoms with E-state index in [2.05, 4.69) is 36.6 Å². The number of para-hydroxylation sites is 2. The van der Waals surface area contributed by atoms with Gasteiger partial charge in [0.2, 0.25) is 29.5 Å². The number of methoxy groups -OCH3 is 1. The topological polar surface area (TPSA) is 452 Å². The molecule has 0 bridgehead atoms. The van der Waals surface area contributed by atoms with Gasteiger partial charge in [-0.05, 0) is 61.6 Å². The number of carbonyl (C=O) groups is 7. The molecule has 0 saturated carbocycles. The fraction of sp³-hybridized carbons (Fsp3) is 0.600. The molecule has 0 aliphatic carbocycles. The summed E-state index contributed by atoms with van der Waals surface area (Å²) in [7, 11) is 2.88. The van der Waals surface area contributed by atoms with Crippen molar-refractivity contribution in [3.8, 4) is 0 Å². The van der Waals surface area contributed by atoms with Crippen molar-refractivity contribution in [2.24, 2.45) is 5.73 Å². The van der Waals surface area contributed by atoms with Crippen molar-refractivity contribution < 1.29 is 89.4 Å². The van der Waals surface area contributed by atoms with Gasteiger partial charge in [-0.1, -0.05) is 25.0 Å². The minimum absolute atomic E-state index is 0.106. The predicted molar refractivity (Wildman–Crippen MR) is 276 cm³/mol. The monoisotopic (exact) mass is 1100 g/mol. The number of aromatic nitrogens is 2. The number of hydrogen-bond donors (Lipinski definition) is 17. The van der Waals surface area contributed by atoms with Crippen molar-refractivity contribution in [2.45, 2.75) is 138 Å². The molecule has 0 unspecified atom stereocenters. The number of carbonyl (C=O) groups excluding carboxylic acids is 7. The van der Waals surface area contributed by atoms with Crippen LogP contribution in [0.2, 0.25) is 0 Å². The summed E-state index contributed by atoms with van der Waals surface area (Å²) in [5.74, 6) is -3.71. The Morgan fingerprint density at radius 2 is 1.37 bits per heavy atom. The van der Waals surface area contributed by atoms with E-state index in [0.717, 1.165) is 11.0 Å². The fourth-order valence-corrected chi connectivity index (χ4v) is 8.26. The van der Waals surface area contributed by atoms with E-state index in [1.165, 1.54) is 12.0 Å². The van der Waals surface area contributed by atoms with Gasteiger partial charge in [0.25, 0.3) is 5.91 Å². The first-order chi connectivity index (χ1) is 37.1. The molecule has 1 aromatic heterocycles. The van der Waals surface area contributed by atoms with E-state index in [0.29, 0.717) is 48.3 Å². The average molecular weight is 1110 g/mol. The third-order valence-electron chi connectivity index (χ3n) is 13.1. The van der Waals surface area contributed by atoms with Crippen molar-refractivity contribution >= 4 is 58.1 Å². The Bertz CT molecular complexity index is 2420. The average Bonchev–Trinajstić information content (AvgIpc) is 3.83. The van der Waals surface area contributed by atoms with Crippen LogP contribution in [0.1, 0.15) is 79.5 Å². The van der Waals surface area contributed by atoms with E-state index >= 15 is 0 Å². The zero-order chi connectivity index (χ0) is 57.6. The lowest BCUT2D eigenvalue weighted by Crippen LogP contribution is -2.52. The number of aromatic amines is 1. The zero-order valence-corrected chi connectivity index (χ0v) is 43.6. The number of hydrogen-bond acceptors (Lipinski definition) is 21. The number of H-pyrrole nitrogens is 1. The van der Waals surface area contributed by atoms with Crippen molar-refractivity contribution in [2.75, 3.05) is 58.9 Å². The number of aliphatic hydroxyl groups is 10. The zero-order valence-electron chi connectivity index (χ0n) is 43.6. The number of nitrogens with two attached hydrogens (primary N) is 1. The molecule has 0 saturated heterocycles. The van der Waals surface area contributed by atoms with E-state index in [-0.39, 0.29) is 63.7 Å². The molecule has 434 valence electrons. The second-order valence-electron chi connectivity index (χ2n) is 19.1. The minimum Gasteiger partial charge on any atom is -0.469 e. The van der Waals surface area contributed by atoms with Gasteiger partial charge in [0.05, 0.1) is 62.6 Å². The van der Waals surface area contributed by atoms with Gasteiger partial charge in [0.15, 0.2) is 0 Å². The smallest absolute Gasteiger partial charge is 0.308 e. The van der Waals surface area contributed by atoms with Crippen molar-refractivity contribution in [3.63, 3.8) is 0 Å². The van der Waals surface area contributed by atoms with Crippen molar-refractivity contribution in [3.05, 3.63) is 59.4 Å². The number of imidazole rings is 1. The Labute approximate surface area is 449 Å². The SMILES string of the molecule is COC(=O)C[C@@H]1Nc2ccc(C(=O)N(C)Cc3nc4ccccc4[nH]3)cc2CN(CCCCCCNC(=O)[C@H](CCC(=O)NC[C@@H](O)[C@H](O)[C@@H](O)[C@@H](O)CO)NC(=O)[C@@H](N)CCC(=O)NC[C@H](O)[C@@H](O)[C@H](O)[C@H](O)CO)C1=O. The molecular weight excluding hydrogens is 1030 g/mol. The van der Waals surface area contributed by atoms with Gasteiger partial charge < -0.3 is 103 Å². The van der Waals surface area contributed by atoms with Gasteiger partial charge >= 0.3 is 5.97 Å². The number of nitrogens with zero attached hydrogens (tertiary/aromatic N) is 3. The minimum atomic E-state index is -1.96. The number of rotatable bonds is 33. The standard InChI is InChI=1S/C50H76N10O18/c1-59(24-39-56-31-9-5-6-10-32(31)57-39)49(76)27-11-13-30-28(19-27)23-60(50(77)34(55-30)20-42(69)78-2)18-8-4-3-7-17-52-48(75)33(14-16-41(68)54-22-36(64)44(71)46(73)38(66)26-62)58-47(74)29(51)12-15-40(67)53-21-35(63)43(70)45(72)37(65)25-61/h5-6,9-11,13,19,29,33-38,43-46,55,61-66,70-73H,3-4,7-8,12,14-18,20-26,51H2,1-2H3,(H,52,75)(H,53,67)(H,54,68)(H,56,57)(H,58,74)/t29-,33-,34-,35-,36+,37+,38-,43+,44-,45+,46-/m0/s1. The molecule has 78 heavy (non-hydrogen) atoms. The first-order valence-corrected chi connectivity index (χ1v) is 25.6. The van der Waals surface area contributed by atoms with Crippen LogP contribution >= 0.6 is 0 Å². The molecular formula is C50H76N10O18. The number of amides is 6. The highest BCUT2D eigenvalue weighted by molar-refractivity contribution is 5.96. The van der Waals surface area contributed by atoms with Gasteiger partial charge in [0, 0.05) is 63.9 Å². The van der Waals surface area contributed by atoms with E-state index in [9.17, 15) is 74.4 Å². The van der Waals surface area contributed by atoms with Crippen molar-refractivity contribution in [1.82, 2.24) is 41.0 Å². The number of ether oxygens (including phenoxy) is 1. The van der Waals surface area contributed by atoms with Gasteiger partial charge in [-0.15, -0.1) is 0 Å². The summed E-state index contributed by atoms with van der Waals surface area (Å²) < 4.78 is 4.86. The molecule has 4 rings (SSSR count). The number of anilines is 1. The molecule has 28 heteroatoms. The Hall–Kier alpha value is -6.44. The summed E-state index contributed by atoms with van der Waals surface area (Å²) in [4.78, 5) is 103. The van der Waals surface area contributed by atoms with Crippen molar-refractivity contribution in [1.29, 1.82) is 0 Å². The normalized spacial score (nSPS) is 17.3. The van der Waals surface area contributed by atoms with E-state index in [1.54, 1.807) is 30.1 Å². The van der Waals surface area contributed by atoms with E-state index in [1.807, 2.05) is 24.3 Å². The molecule has 0 radical (unpaired) electrons. The Morgan fingerprint density at radius 1 is 0.782 bits per heavy atom. The highest BCUT2D eigenvalue weighted by atomic mass is 16.5. The molecule has 3 aromatic rings. The maximum Gasteiger partial charge on any atom is 0.308 e. The molecule has 0 fully saturated rings. The summed E-state index contributed by atoms with van der Waals surface area (Å²) in [5.41, 5.74) is 9.26. The molecule has 11 atom stereocenters. The maximum absolute atomic E-state index is 13.9. The number of fused-ring (bicyclic) bond motifs is 2. The third kappa shape index (κ3) is 19.5. The molecule has 0 spiro atoms. The molecule has 2 aromatic carbocycles. The molecule has 1 aliphatic rings. The van der Waals surface area contributed by atoms with Gasteiger partial charge in [-0.3, -0.25) is 33.6 Å². The summed E-state index contributed by atoms with van der Waals surface area (Å²) in [5, 5.41) is 110. The van der Waals surface area contributed by atoms with Crippen LogP contribution in [-0.4, -0.2) is 233 Å². The number of nitrogens with one attached hydrogen (secondary N) is 6. The van der Waals surface area contributed by atoms with Crippen LogP contribution < -0.4 is 32.3 Å². The predicted octanol–water partition coefficient (Wildman–Crippen LogP) is -5.33. The first kappa shape index (κ1) is 64.1. The van der Waals surface area contributed by atoms with E-state index in [4.69, 9.17) is 20.7 Å². The Morgan fingerprint density at radius 3 is 1.97 bits per heavy atom. The molecule has 1 aliphatic heterocycles. The fourth-order valence-electron chi connectivity index (χ4n) is 8.26. The maximum atomic E-state index is 13.9. The quantitative estimate of drug-likeness (QED) is 0.0200. The van der Waals surface area contributed by atoms with Gasteiger partial charge in [-0.2, -0.15) is 0 Å². The molecule has 2 heterocycles.